The number of pyridine rings is 1. The predicted octanol–water partition coefficient (Wildman–Crippen LogP) is 3.93. The zero-order chi connectivity index (χ0) is 16.1. The maximum atomic E-state index is 6.14. The molecule has 0 radical (unpaired) electrons. The summed E-state index contributed by atoms with van der Waals surface area (Å²) < 4.78 is 0. The Morgan fingerprint density at radius 3 is 2.78 bits per heavy atom. The van der Waals surface area contributed by atoms with Crippen LogP contribution in [0.2, 0.25) is 10.0 Å². The predicted molar refractivity (Wildman–Crippen MR) is 91.1 cm³/mol. The minimum Gasteiger partial charge on any atom is -0.347 e. The molecule has 0 bridgehead atoms. The van der Waals surface area contributed by atoms with Gasteiger partial charge in [0.05, 0.1) is 34.2 Å². The molecule has 1 aromatic carbocycles. The van der Waals surface area contributed by atoms with Crippen molar-refractivity contribution in [1.82, 2.24) is 20.2 Å². The van der Waals surface area contributed by atoms with Gasteiger partial charge in [-0.2, -0.15) is 10.1 Å². The molecule has 0 spiro atoms. The van der Waals surface area contributed by atoms with Crippen LogP contribution in [-0.4, -0.2) is 20.2 Å². The van der Waals surface area contributed by atoms with Crippen LogP contribution < -0.4 is 10.6 Å². The number of hydrogen-bond acceptors (Lipinski definition) is 6. The van der Waals surface area contributed by atoms with Gasteiger partial charge in [0.15, 0.2) is 5.82 Å². The highest BCUT2D eigenvalue weighted by Gasteiger charge is 2.06. The summed E-state index contributed by atoms with van der Waals surface area (Å²) in [6.07, 6.45) is 3.23. The Bertz CT molecular complexity index is 797. The number of nitrogens with zero attached hydrogens (tertiary/aromatic N) is 4. The lowest BCUT2D eigenvalue weighted by atomic mass is 10.3. The number of anilines is 3. The van der Waals surface area contributed by atoms with E-state index in [4.69, 9.17) is 23.2 Å². The van der Waals surface area contributed by atoms with Crippen LogP contribution >= 0.6 is 23.2 Å². The van der Waals surface area contributed by atoms with E-state index in [2.05, 4.69) is 30.8 Å². The topological polar surface area (TPSA) is 75.6 Å². The molecule has 0 aliphatic rings. The van der Waals surface area contributed by atoms with Gasteiger partial charge in [-0.05, 0) is 24.3 Å². The standard InChI is InChI=1S/C15H12Cl2N6/c16-11-5-3-6-12(14(11)17)21-13-9-20-23-15(22-13)19-8-10-4-1-2-7-18-10/h1-7,9H,8H2,(H2,19,21,22,23). The van der Waals surface area contributed by atoms with Gasteiger partial charge in [0.1, 0.15) is 0 Å². The zero-order valence-corrected chi connectivity index (χ0v) is 13.4. The molecule has 0 saturated carbocycles. The van der Waals surface area contributed by atoms with E-state index < -0.39 is 0 Å². The summed E-state index contributed by atoms with van der Waals surface area (Å²) in [7, 11) is 0. The smallest absolute Gasteiger partial charge is 0.245 e. The van der Waals surface area contributed by atoms with Crippen molar-refractivity contribution in [2.24, 2.45) is 0 Å². The van der Waals surface area contributed by atoms with Gasteiger partial charge < -0.3 is 10.6 Å². The van der Waals surface area contributed by atoms with E-state index in [1.807, 2.05) is 18.2 Å². The molecule has 3 rings (SSSR count). The Balaban J connectivity index is 1.71. The first-order valence-electron chi connectivity index (χ1n) is 6.77. The zero-order valence-electron chi connectivity index (χ0n) is 11.9. The average Bonchev–Trinajstić information content (AvgIpc) is 2.59. The second kappa shape index (κ2) is 7.21. The molecule has 2 aromatic heterocycles. The van der Waals surface area contributed by atoms with E-state index in [9.17, 15) is 0 Å². The van der Waals surface area contributed by atoms with Gasteiger partial charge in [0.2, 0.25) is 5.95 Å². The van der Waals surface area contributed by atoms with Gasteiger partial charge in [0, 0.05) is 6.20 Å². The van der Waals surface area contributed by atoms with Gasteiger partial charge >= 0.3 is 0 Å². The molecule has 0 aliphatic carbocycles. The van der Waals surface area contributed by atoms with E-state index in [0.29, 0.717) is 34.0 Å². The number of aromatic nitrogens is 4. The molecule has 0 fully saturated rings. The maximum absolute atomic E-state index is 6.14. The Labute approximate surface area is 142 Å². The molecule has 23 heavy (non-hydrogen) atoms. The Morgan fingerprint density at radius 2 is 1.96 bits per heavy atom. The van der Waals surface area contributed by atoms with Crippen LogP contribution in [0.1, 0.15) is 5.69 Å². The van der Waals surface area contributed by atoms with Gasteiger partial charge in [0.25, 0.3) is 0 Å². The number of rotatable bonds is 5. The van der Waals surface area contributed by atoms with Crippen LogP contribution in [0.3, 0.4) is 0 Å². The average molecular weight is 347 g/mol. The van der Waals surface area contributed by atoms with Crippen molar-refractivity contribution < 1.29 is 0 Å². The summed E-state index contributed by atoms with van der Waals surface area (Å²) in [5.41, 5.74) is 1.53. The van der Waals surface area contributed by atoms with Crippen LogP contribution in [0.4, 0.5) is 17.5 Å². The minimum absolute atomic E-state index is 0.388. The molecule has 3 aromatic rings. The van der Waals surface area contributed by atoms with Gasteiger partial charge in [-0.1, -0.05) is 35.3 Å². The summed E-state index contributed by atoms with van der Waals surface area (Å²) in [5, 5.41) is 14.9. The van der Waals surface area contributed by atoms with Crippen molar-refractivity contribution in [1.29, 1.82) is 0 Å². The van der Waals surface area contributed by atoms with E-state index in [0.717, 1.165) is 5.69 Å². The van der Waals surface area contributed by atoms with Crippen molar-refractivity contribution >= 4 is 40.7 Å². The normalized spacial score (nSPS) is 10.3. The van der Waals surface area contributed by atoms with Crippen molar-refractivity contribution in [3.05, 3.63) is 64.5 Å². The van der Waals surface area contributed by atoms with Crippen LogP contribution in [0.15, 0.2) is 48.8 Å². The van der Waals surface area contributed by atoms with Crippen LogP contribution in [0, 0.1) is 0 Å². The highest BCUT2D eigenvalue weighted by Crippen LogP contribution is 2.31. The Morgan fingerprint density at radius 1 is 1.04 bits per heavy atom. The van der Waals surface area contributed by atoms with E-state index in [1.54, 1.807) is 24.4 Å². The van der Waals surface area contributed by atoms with E-state index in [1.165, 1.54) is 6.20 Å². The lowest BCUT2D eigenvalue weighted by molar-refractivity contribution is 0.934. The Kier molecular flexibility index (Phi) is 4.85. The number of nitrogens with one attached hydrogen (secondary N) is 2. The van der Waals surface area contributed by atoms with E-state index >= 15 is 0 Å². The molecule has 0 atom stereocenters. The van der Waals surface area contributed by atoms with Crippen LogP contribution in [0.5, 0.6) is 0 Å². The molecule has 0 aliphatic heterocycles. The molecule has 8 heteroatoms. The lowest BCUT2D eigenvalue weighted by Crippen LogP contribution is -2.07. The summed E-state index contributed by atoms with van der Waals surface area (Å²) in [6, 6.07) is 11.0. The molecular formula is C15H12Cl2N6. The summed E-state index contributed by atoms with van der Waals surface area (Å²) in [5.74, 6) is 0.895. The molecule has 6 nitrogen and oxygen atoms in total. The molecular weight excluding hydrogens is 335 g/mol. The van der Waals surface area contributed by atoms with Crippen molar-refractivity contribution in [2.45, 2.75) is 6.54 Å². The van der Waals surface area contributed by atoms with Crippen molar-refractivity contribution in [3.63, 3.8) is 0 Å². The third kappa shape index (κ3) is 4.06. The van der Waals surface area contributed by atoms with E-state index in [-0.39, 0.29) is 0 Å². The van der Waals surface area contributed by atoms with Gasteiger partial charge in [-0.3, -0.25) is 4.98 Å². The Hall–Kier alpha value is -2.44. The van der Waals surface area contributed by atoms with Crippen LogP contribution in [0.25, 0.3) is 0 Å². The highest BCUT2D eigenvalue weighted by molar-refractivity contribution is 6.43. The number of hydrogen-bond donors (Lipinski definition) is 2. The number of benzene rings is 1. The SMILES string of the molecule is Clc1cccc(Nc2cnnc(NCc3ccccn3)n2)c1Cl. The summed E-state index contributed by atoms with van der Waals surface area (Å²) in [4.78, 5) is 8.55. The molecule has 116 valence electrons. The lowest BCUT2D eigenvalue weighted by Gasteiger charge is -2.09. The molecule has 0 unspecified atom stereocenters. The third-order valence-electron chi connectivity index (χ3n) is 2.93. The third-order valence-corrected chi connectivity index (χ3v) is 3.75. The fourth-order valence-electron chi connectivity index (χ4n) is 1.85. The summed E-state index contributed by atoms with van der Waals surface area (Å²) in [6.45, 7) is 0.504. The molecule has 2 heterocycles. The molecule has 0 amide bonds. The largest absolute Gasteiger partial charge is 0.347 e. The van der Waals surface area contributed by atoms with Gasteiger partial charge in [-0.25, -0.2) is 0 Å². The second-order valence-electron chi connectivity index (χ2n) is 4.57. The fourth-order valence-corrected chi connectivity index (χ4v) is 2.20. The first kappa shape index (κ1) is 15.5. The van der Waals surface area contributed by atoms with Gasteiger partial charge in [-0.15, -0.1) is 5.10 Å². The molecule has 0 saturated heterocycles. The minimum atomic E-state index is 0.388. The second-order valence-corrected chi connectivity index (χ2v) is 5.35. The van der Waals surface area contributed by atoms with Crippen molar-refractivity contribution in [2.75, 3.05) is 10.6 Å². The highest BCUT2D eigenvalue weighted by atomic mass is 35.5. The maximum Gasteiger partial charge on any atom is 0.245 e. The number of halogens is 2. The van der Waals surface area contributed by atoms with Crippen LogP contribution in [-0.2, 0) is 6.54 Å². The molecule has 2 N–H and O–H groups in total. The fraction of sp³-hybridized carbons (Fsp3) is 0.0667. The summed E-state index contributed by atoms with van der Waals surface area (Å²) >= 11 is 12.1. The first-order valence-corrected chi connectivity index (χ1v) is 7.52. The van der Waals surface area contributed by atoms with Crippen molar-refractivity contribution in [3.8, 4) is 0 Å². The quantitative estimate of drug-likeness (QED) is 0.728. The monoisotopic (exact) mass is 346 g/mol. The first-order chi connectivity index (χ1) is 11.2.